The minimum atomic E-state index is -0.591. The molecule has 0 atom stereocenters. The van der Waals surface area contributed by atoms with Gasteiger partial charge in [-0.15, -0.1) is 11.8 Å². The lowest BCUT2D eigenvalue weighted by molar-refractivity contribution is -0.389. The Morgan fingerprint density at radius 1 is 1.39 bits per heavy atom. The van der Waals surface area contributed by atoms with Crippen molar-refractivity contribution in [1.29, 1.82) is 0 Å². The molecule has 0 bridgehead atoms. The van der Waals surface area contributed by atoms with Crippen molar-refractivity contribution < 1.29 is 4.92 Å². The van der Waals surface area contributed by atoms with Gasteiger partial charge in [0.15, 0.2) is 0 Å². The van der Waals surface area contributed by atoms with E-state index in [1.165, 1.54) is 16.3 Å². The second-order valence-corrected chi connectivity index (χ2v) is 5.02. The number of pyridine rings is 1. The average Bonchev–Trinajstić information content (AvgIpc) is 2.35. The first-order valence-corrected chi connectivity index (χ1v) is 6.45. The van der Waals surface area contributed by atoms with E-state index in [2.05, 4.69) is 0 Å². The zero-order chi connectivity index (χ0) is 13.3. The zero-order valence-corrected chi connectivity index (χ0v) is 10.9. The van der Waals surface area contributed by atoms with Gasteiger partial charge in [-0.3, -0.25) is 14.9 Å². The fourth-order valence-electron chi connectivity index (χ4n) is 1.90. The van der Waals surface area contributed by atoms with Crippen LogP contribution in [0.25, 0.3) is 10.9 Å². The number of rotatable bonds is 3. The van der Waals surface area contributed by atoms with Gasteiger partial charge < -0.3 is 4.57 Å². The summed E-state index contributed by atoms with van der Waals surface area (Å²) in [6.45, 7) is 1.90. The number of hydrogen-bond donors (Lipinski definition) is 0. The molecule has 5 nitrogen and oxygen atoms in total. The maximum atomic E-state index is 12.0. The second kappa shape index (κ2) is 4.81. The van der Waals surface area contributed by atoms with Crippen molar-refractivity contribution in [3.63, 3.8) is 0 Å². The number of nitro groups is 1. The SMILES string of the molecule is CCSc1c([N+](=O)[O-])c(=O)n(C)c2ccccc12. The summed E-state index contributed by atoms with van der Waals surface area (Å²) in [4.78, 5) is 23.0. The van der Waals surface area contributed by atoms with Crippen molar-refractivity contribution in [2.45, 2.75) is 11.8 Å². The number of thioether (sulfide) groups is 1. The summed E-state index contributed by atoms with van der Waals surface area (Å²) in [6.07, 6.45) is 0. The van der Waals surface area contributed by atoms with E-state index in [9.17, 15) is 14.9 Å². The molecule has 0 aliphatic heterocycles. The van der Waals surface area contributed by atoms with E-state index in [0.29, 0.717) is 16.2 Å². The third-order valence-corrected chi connectivity index (χ3v) is 3.69. The largest absolute Gasteiger partial charge is 0.348 e. The minimum Gasteiger partial charge on any atom is -0.305 e. The summed E-state index contributed by atoms with van der Waals surface area (Å²) in [5.41, 5.74) is -0.179. The van der Waals surface area contributed by atoms with Gasteiger partial charge in [-0.2, -0.15) is 0 Å². The van der Waals surface area contributed by atoms with Gasteiger partial charge in [-0.1, -0.05) is 25.1 Å². The molecule has 0 fully saturated rings. The lowest BCUT2D eigenvalue weighted by atomic mass is 10.2. The van der Waals surface area contributed by atoms with Crippen LogP contribution in [-0.4, -0.2) is 15.2 Å². The van der Waals surface area contributed by atoms with Gasteiger partial charge in [-0.25, -0.2) is 0 Å². The highest BCUT2D eigenvalue weighted by Crippen LogP contribution is 2.33. The van der Waals surface area contributed by atoms with Gasteiger partial charge in [0, 0.05) is 12.4 Å². The summed E-state index contributed by atoms with van der Waals surface area (Å²) in [5.74, 6) is 0.679. The maximum absolute atomic E-state index is 12.0. The molecule has 0 aliphatic carbocycles. The van der Waals surface area contributed by atoms with Crippen LogP contribution >= 0.6 is 11.8 Å². The van der Waals surface area contributed by atoms with Crippen molar-refractivity contribution in [1.82, 2.24) is 4.57 Å². The molecule has 0 amide bonds. The molecule has 6 heteroatoms. The molecule has 0 N–H and O–H groups in total. The van der Waals surface area contributed by atoms with Crippen molar-refractivity contribution in [3.05, 3.63) is 44.7 Å². The summed E-state index contributed by atoms with van der Waals surface area (Å²) < 4.78 is 1.33. The number of benzene rings is 1. The highest BCUT2D eigenvalue weighted by atomic mass is 32.2. The maximum Gasteiger partial charge on any atom is 0.348 e. The van der Waals surface area contributed by atoms with Crippen molar-refractivity contribution in [3.8, 4) is 0 Å². The molecule has 0 radical (unpaired) electrons. The molecule has 94 valence electrons. The van der Waals surface area contributed by atoms with Gasteiger partial charge >= 0.3 is 11.2 Å². The normalized spacial score (nSPS) is 10.8. The standard InChI is InChI=1S/C12H12N2O3S/c1-3-18-11-8-6-4-5-7-9(8)13(2)12(15)10(11)14(16)17/h4-7H,3H2,1-2H3. The number of aromatic nitrogens is 1. The lowest BCUT2D eigenvalue weighted by Crippen LogP contribution is -2.21. The van der Waals surface area contributed by atoms with Gasteiger partial charge in [0.1, 0.15) is 4.90 Å². The minimum absolute atomic E-state index is 0.331. The number of hydrogen-bond acceptors (Lipinski definition) is 4. The van der Waals surface area contributed by atoms with Crippen LogP contribution in [0.2, 0.25) is 0 Å². The van der Waals surface area contributed by atoms with E-state index in [4.69, 9.17) is 0 Å². The predicted molar refractivity (Wildman–Crippen MR) is 72.2 cm³/mol. The van der Waals surface area contributed by atoms with E-state index in [-0.39, 0.29) is 5.69 Å². The van der Waals surface area contributed by atoms with Gasteiger partial charge in [0.2, 0.25) is 0 Å². The summed E-state index contributed by atoms with van der Waals surface area (Å²) in [6, 6.07) is 7.23. The molecule has 0 aliphatic rings. The van der Waals surface area contributed by atoms with Crippen LogP contribution in [0.4, 0.5) is 5.69 Å². The van der Waals surface area contributed by atoms with E-state index in [1.54, 1.807) is 19.2 Å². The Morgan fingerprint density at radius 3 is 2.67 bits per heavy atom. The van der Waals surface area contributed by atoms with E-state index in [1.807, 2.05) is 19.1 Å². The Labute approximate surface area is 108 Å². The lowest BCUT2D eigenvalue weighted by Gasteiger charge is -2.09. The third kappa shape index (κ3) is 1.88. The van der Waals surface area contributed by atoms with Gasteiger partial charge in [-0.05, 0) is 11.8 Å². The van der Waals surface area contributed by atoms with Crippen molar-refractivity contribution in [2.75, 3.05) is 5.75 Å². The fraction of sp³-hybridized carbons (Fsp3) is 0.250. The smallest absolute Gasteiger partial charge is 0.305 e. The Balaban J connectivity index is 2.98. The van der Waals surface area contributed by atoms with E-state index >= 15 is 0 Å². The van der Waals surface area contributed by atoms with Crippen LogP contribution in [-0.2, 0) is 7.05 Å². The zero-order valence-electron chi connectivity index (χ0n) is 10.0. The van der Waals surface area contributed by atoms with Crippen LogP contribution in [0, 0.1) is 10.1 Å². The Kier molecular flexibility index (Phi) is 3.38. The molecule has 0 saturated heterocycles. The van der Waals surface area contributed by atoms with Gasteiger partial charge in [0.25, 0.3) is 0 Å². The van der Waals surface area contributed by atoms with Crippen LogP contribution in [0.3, 0.4) is 0 Å². The molecular formula is C12H12N2O3S. The van der Waals surface area contributed by atoms with Crippen LogP contribution in [0.5, 0.6) is 0 Å². The Hall–Kier alpha value is -1.82. The first kappa shape index (κ1) is 12.6. The molecule has 1 aromatic carbocycles. The topological polar surface area (TPSA) is 65.1 Å². The first-order chi connectivity index (χ1) is 8.57. The quantitative estimate of drug-likeness (QED) is 0.485. The predicted octanol–water partition coefficient (Wildman–Crippen LogP) is 2.56. The molecule has 1 aromatic heterocycles. The summed E-state index contributed by atoms with van der Waals surface area (Å²) in [5, 5.41) is 11.8. The monoisotopic (exact) mass is 264 g/mol. The molecule has 0 unspecified atom stereocenters. The number of para-hydroxylation sites is 1. The summed E-state index contributed by atoms with van der Waals surface area (Å²) >= 11 is 1.33. The highest BCUT2D eigenvalue weighted by Gasteiger charge is 2.24. The Morgan fingerprint density at radius 2 is 2.06 bits per heavy atom. The molecule has 0 spiro atoms. The van der Waals surface area contributed by atoms with E-state index in [0.717, 1.165) is 5.39 Å². The number of nitrogens with zero attached hydrogens (tertiary/aromatic N) is 2. The number of aryl methyl sites for hydroxylation is 1. The van der Waals surface area contributed by atoms with Crippen LogP contribution in [0.1, 0.15) is 6.92 Å². The van der Waals surface area contributed by atoms with Crippen molar-refractivity contribution in [2.24, 2.45) is 7.05 Å². The number of fused-ring (bicyclic) bond motifs is 1. The highest BCUT2D eigenvalue weighted by molar-refractivity contribution is 7.99. The molecule has 0 saturated carbocycles. The molecule has 2 aromatic rings. The van der Waals surface area contributed by atoms with E-state index < -0.39 is 10.5 Å². The van der Waals surface area contributed by atoms with Crippen LogP contribution < -0.4 is 5.56 Å². The average molecular weight is 264 g/mol. The molecule has 18 heavy (non-hydrogen) atoms. The second-order valence-electron chi connectivity index (χ2n) is 3.75. The van der Waals surface area contributed by atoms with Crippen LogP contribution in [0.15, 0.2) is 34.0 Å². The van der Waals surface area contributed by atoms with Gasteiger partial charge in [0.05, 0.1) is 10.4 Å². The molecule has 1 heterocycles. The Bertz CT molecular complexity index is 679. The van der Waals surface area contributed by atoms with Crippen molar-refractivity contribution >= 4 is 28.4 Å². The third-order valence-electron chi connectivity index (χ3n) is 2.70. The molecule has 2 rings (SSSR count). The first-order valence-electron chi connectivity index (χ1n) is 5.46. The summed E-state index contributed by atoms with van der Waals surface area (Å²) in [7, 11) is 1.55. The fourth-order valence-corrected chi connectivity index (χ4v) is 2.82. The molecular weight excluding hydrogens is 252 g/mol.